The van der Waals surface area contributed by atoms with Crippen molar-refractivity contribution in [3.63, 3.8) is 0 Å². The van der Waals surface area contributed by atoms with Crippen LogP contribution in [0.25, 0.3) is 11.0 Å². The lowest BCUT2D eigenvalue weighted by Gasteiger charge is -2.25. The predicted octanol–water partition coefficient (Wildman–Crippen LogP) is 2.20. The Balaban J connectivity index is 1.41. The maximum atomic E-state index is 4.30. The number of rotatable bonds is 4. The van der Waals surface area contributed by atoms with E-state index in [0.717, 1.165) is 41.1 Å². The van der Waals surface area contributed by atoms with Crippen LogP contribution in [0.4, 0.5) is 5.82 Å². The van der Waals surface area contributed by atoms with Crippen molar-refractivity contribution in [2.24, 2.45) is 17.8 Å². The van der Waals surface area contributed by atoms with E-state index in [0.29, 0.717) is 0 Å². The van der Waals surface area contributed by atoms with E-state index in [-0.39, 0.29) is 0 Å². The number of H-pyrrole nitrogens is 1. The molecule has 0 aliphatic heterocycles. The van der Waals surface area contributed by atoms with E-state index in [1.54, 1.807) is 12.5 Å². The van der Waals surface area contributed by atoms with Crippen LogP contribution in [0.1, 0.15) is 25.7 Å². The minimum Gasteiger partial charge on any atom is -0.369 e. The van der Waals surface area contributed by atoms with Gasteiger partial charge in [0.15, 0.2) is 5.65 Å². The molecule has 2 fully saturated rings. The first-order valence-corrected chi connectivity index (χ1v) is 6.80. The highest BCUT2D eigenvalue weighted by atomic mass is 15.2. The second-order valence-electron chi connectivity index (χ2n) is 5.59. The van der Waals surface area contributed by atoms with Crippen LogP contribution in [-0.2, 0) is 0 Å². The van der Waals surface area contributed by atoms with Gasteiger partial charge in [0.2, 0.25) is 0 Å². The van der Waals surface area contributed by atoms with Crippen LogP contribution in [-0.4, -0.2) is 26.7 Å². The standard InChI is InChI=1S/C13H17N5/c1-2-8(3-1)10-4-9(10)5-14-12-11-6-17-18-13(11)16-7-15-12/h6-10H,1-5H2,(H2,14,15,16,17,18)/t9-,10-/m0/s1. The molecule has 18 heavy (non-hydrogen) atoms. The Hall–Kier alpha value is -1.65. The molecule has 5 heteroatoms. The highest BCUT2D eigenvalue weighted by molar-refractivity contribution is 5.85. The number of nitrogens with one attached hydrogen (secondary N) is 2. The van der Waals surface area contributed by atoms with E-state index >= 15 is 0 Å². The van der Waals surface area contributed by atoms with Gasteiger partial charge in [-0.05, 0) is 24.2 Å². The van der Waals surface area contributed by atoms with Crippen molar-refractivity contribution < 1.29 is 0 Å². The minimum atomic E-state index is 0.804. The van der Waals surface area contributed by atoms with E-state index in [9.17, 15) is 0 Å². The number of aromatic amines is 1. The Morgan fingerprint density at radius 3 is 3.11 bits per heavy atom. The first kappa shape index (κ1) is 10.3. The maximum absolute atomic E-state index is 4.30. The molecule has 2 heterocycles. The second-order valence-corrected chi connectivity index (χ2v) is 5.59. The molecule has 94 valence electrons. The first-order valence-electron chi connectivity index (χ1n) is 6.80. The van der Waals surface area contributed by atoms with Gasteiger partial charge in [-0.2, -0.15) is 5.10 Å². The summed E-state index contributed by atoms with van der Waals surface area (Å²) in [5.74, 6) is 3.77. The Morgan fingerprint density at radius 2 is 2.28 bits per heavy atom. The van der Waals surface area contributed by atoms with Crippen LogP contribution in [0, 0.1) is 17.8 Å². The number of hydrogen-bond acceptors (Lipinski definition) is 4. The second kappa shape index (κ2) is 3.93. The van der Waals surface area contributed by atoms with Gasteiger partial charge in [0.05, 0.1) is 11.6 Å². The Kier molecular flexibility index (Phi) is 2.25. The third-order valence-corrected chi connectivity index (χ3v) is 4.51. The lowest BCUT2D eigenvalue weighted by atomic mass is 9.81. The molecular formula is C13H17N5. The van der Waals surface area contributed by atoms with Gasteiger partial charge < -0.3 is 5.32 Å². The number of anilines is 1. The number of hydrogen-bond donors (Lipinski definition) is 2. The van der Waals surface area contributed by atoms with Crippen molar-refractivity contribution in [3.05, 3.63) is 12.5 Å². The first-order chi connectivity index (χ1) is 8.92. The summed E-state index contributed by atoms with van der Waals surface area (Å²) >= 11 is 0. The fourth-order valence-electron chi connectivity index (χ4n) is 3.08. The van der Waals surface area contributed by atoms with Gasteiger partial charge in [-0.25, -0.2) is 9.97 Å². The topological polar surface area (TPSA) is 66.5 Å². The van der Waals surface area contributed by atoms with Crippen molar-refractivity contribution in [2.45, 2.75) is 25.7 Å². The summed E-state index contributed by atoms with van der Waals surface area (Å²) in [4.78, 5) is 8.44. The molecule has 2 aromatic heterocycles. The molecule has 0 radical (unpaired) electrons. The van der Waals surface area contributed by atoms with Crippen molar-refractivity contribution in [3.8, 4) is 0 Å². The van der Waals surface area contributed by atoms with Gasteiger partial charge in [-0.1, -0.05) is 19.3 Å². The van der Waals surface area contributed by atoms with Crippen molar-refractivity contribution in [1.82, 2.24) is 20.2 Å². The normalized spacial score (nSPS) is 27.1. The molecule has 5 nitrogen and oxygen atoms in total. The van der Waals surface area contributed by atoms with Crippen LogP contribution in [0.15, 0.2) is 12.5 Å². The van der Waals surface area contributed by atoms with Crippen molar-refractivity contribution in [1.29, 1.82) is 0 Å². The predicted molar refractivity (Wildman–Crippen MR) is 69.1 cm³/mol. The van der Waals surface area contributed by atoms with Gasteiger partial charge >= 0.3 is 0 Å². The Morgan fingerprint density at radius 1 is 1.33 bits per heavy atom. The molecule has 2 aliphatic rings. The smallest absolute Gasteiger partial charge is 0.160 e. The average Bonchev–Trinajstić information content (AvgIpc) is 2.88. The summed E-state index contributed by atoms with van der Waals surface area (Å²) in [5, 5.41) is 11.3. The molecule has 4 rings (SSSR count). The van der Waals surface area contributed by atoms with Crippen LogP contribution in [0.3, 0.4) is 0 Å². The quantitative estimate of drug-likeness (QED) is 0.864. The van der Waals surface area contributed by atoms with Crippen molar-refractivity contribution >= 4 is 16.9 Å². The molecule has 2 aliphatic carbocycles. The van der Waals surface area contributed by atoms with Gasteiger partial charge in [0.1, 0.15) is 12.1 Å². The minimum absolute atomic E-state index is 0.804. The van der Waals surface area contributed by atoms with Crippen LogP contribution in [0.2, 0.25) is 0 Å². The monoisotopic (exact) mass is 243 g/mol. The van der Waals surface area contributed by atoms with E-state index in [1.807, 2.05) is 0 Å². The zero-order chi connectivity index (χ0) is 11.9. The molecule has 0 aromatic carbocycles. The molecule has 0 amide bonds. The lowest BCUT2D eigenvalue weighted by Crippen LogP contribution is -2.16. The summed E-state index contributed by atoms with van der Waals surface area (Å²) in [6.45, 7) is 1.04. The molecule has 0 bridgehead atoms. The molecule has 0 unspecified atom stereocenters. The summed E-state index contributed by atoms with van der Waals surface area (Å²) in [5.41, 5.74) is 0.804. The third kappa shape index (κ3) is 1.65. The highest BCUT2D eigenvalue weighted by Gasteiger charge is 2.44. The summed E-state index contributed by atoms with van der Waals surface area (Å²) in [6, 6.07) is 0. The van der Waals surface area contributed by atoms with Gasteiger partial charge in [0.25, 0.3) is 0 Å². The van der Waals surface area contributed by atoms with E-state index < -0.39 is 0 Å². The van der Waals surface area contributed by atoms with Crippen LogP contribution < -0.4 is 5.32 Å². The molecule has 2 aromatic rings. The molecular weight excluding hydrogens is 226 g/mol. The Labute approximate surface area is 105 Å². The largest absolute Gasteiger partial charge is 0.369 e. The number of nitrogens with zero attached hydrogens (tertiary/aromatic N) is 3. The van der Waals surface area contributed by atoms with E-state index in [2.05, 4.69) is 25.5 Å². The van der Waals surface area contributed by atoms with Gasteiger partial charge in [-0.15, -0.1) is 0 Å². The fraction of sp³-hybridized carbons (Fsp3) is 0.615. The summed E-state index contributed by atoms with van der Waals surface area (Å²) in [6.07, 6.45) is 9.13. The zero-order valence-corrected chi connectivity index (χ0v) is 10.3. The summed E-state index contributed by atoms with van der Waals surface area (Å²) < 4.78 is 0. The van der Waals surface area contributed by atoms with Crippen LogP contribution >= 0.6 is 0 Å². The SMILES string of the molecule is c1nc(NC[C@@H]2C[C@H]2C2CCC2)c2cn[nH]c2n1. The molecule has 0 saturated heterocycles. The fourth-order valence-corrected chi connectivity index (χ4v) is 3.08. The molecule has 2 N–H and O–H groups in total. The average molecular weight is 243 g/mol. The Bertz CT molecular complexity index is 559. The summed E-state index contributed by atoms with van der Waals surface area (Å²) in [7, 11) is 0. The van der Waals surface area contributed by atoms with Gasteiger partial charge in [-0.3, -0.25) is 5.10 Å². The van der Waals surface area contributed by atoms with E-state index in [4.69, 9.17) is 0 Å². The third-order valence-electron chi connectivity index (χ3n) is 4.51. The van der Waals surface area contributed by atoms with Crippen molar-refractivity contribution in [2.75, 3.05) is 11.9 Å². The van der Waals surface area contributed by atoms with Crippen LogP contribution in [0.5, 0.6) is 0 Å². The maximum Gasteiger partial charge on any atom is 0.160 e. The van der Waals surface area contributed by atoms with E-state index in [1.165, 1.54) is 25.7 Å². The molecule has 2 saturated carbocycles. The number of aromatic nitrogens is 4. The zero-order valence-electron chi connectivity index (χ0n) is 10.3. The highest BCUT2D eigenvalue weighted by Crippen LogP contribution is 2.51. The molecule has 0 spiro atoms. The number of fused-ring (bicyclic) bond motifs is 1. The van der Waals surface area contributed by atoms with Gasteiger partial charge in [0, 0.05) is 6.54 Å². The lowest BCUT2D eigenvalue weighted by molar-refractivity contribution is 0.267. The molecule has 2 atom stereocenters.